The Kier molecular flexibility index (Phi) is 6.75. The van der Waals surface area contributed by atoms with Gasteiger partial charge in [0.15, 0.2) is 5.78 Å². The summed E-state index contributed by atoms with van der Waals surface area (Å²) in [6.45, 7) is 4.06. The zero-order chi connectivity index (χ0) is 25.2. The number of benzene rings is 2. The summed E-state index contributed by atoms with van der Waals surface area (Å²) in [5.74, 6) is 0.422. The number of hydrogen-bond donors (Lipinski definition) is 1. The predicted octanol–water partition coefficient (Wildman–Crippen LogP) is 6.21. The van der Waals surface area contributed by atoms with E-state index in [0.29, 0.717) is 28.1 Å². The molecule has 1 N–H and O–H groups in total. The molecular weight excluding hydrogens is 549 g/mol. The van der Waals surface area contributed by atoms with Crippen LogP contribution in [0.15, 0.2) is 58.8 Å². The average molecular weight is 568 g/mol. The van der Waals surface area contributed by atoms with Crippen LogP contribution in [0, 0.1) is 6.08 Å². The Bertz CT molecular complexity index is 1550. The van der Waals surface area contributed by atoms with Gasteiger partial charge in [0.25, 0.3) is 0 Å². The van der Waals surface area contributed by atoms with Crippen molar-refractivity contribution in [2.45, 2.75) is 13.8 Å². The molecule has 1 aliphatic carbocycles. The Labute approximate surface area is 218 Å². The minimum absolute atomic E-state index is 0.0962. The summed E-state index contributed by atoms with van der Waals surface area (Å²) in [6.07, 6.45) is 4.48. The minimum Gasteiger partial charge on any atom is -0.490 e. The number of fused-ring (bicyclic) bond motifs is 2. The van der Waals surface area contributed by atoms with Crippen molar-refractivity contribution in [3.05, 3.63) is 76.0 Å². The van der Waals surface area contributed by atoms with E-state index in [1.54, 1.807) is 18.2 Å². The zero-order valence-electron chi connectivity index (χ0n) is 19.2. The van der Waals surface area contributed by atoms with E-state index in [1.165, 1.54) is 11.5 Å². The molecule has 0 unspecified atom stereocenters. The van der Waals surface area contributed by atoms with Gasteiger partial charge in [-0.05, 0) is 55.7 Å². The van der Waals surface area contributed by atoms with E-state index in [4.69, 9.17) is 9.47 Å². The van der Waals surface area contributed by atoms with Crippen molar-refractivity contribution in [1.82, 2.24) is 19.3 Å². The monoisotopic (exact) mass is 567 g/mol. The van der Waals surface area contributed by atoms with E-state index in [9.17, 15) is 9.18 Å². The van der Waals surface area contributed by atoms with Gasteiger partial charge in [0.05, 0.1) is 21.6 Å². The quantitative estimate of drug-likeness (QED) is 0.134. The number of ether oxygens (including phenoxy) is 2. The number of rotatable bonds is 8. The fraction of sp³-hybridized carbons (Fsp3) is 0.160. The number of allylic oxidation sites excluding steroid dienone is 3. The molecule has 2 heterocycles. The molecule has 1 aliphatic rings. The molecule has 0 bridgehead atoms. The largest absolute Gasteiger partial charge is 0.490 e. The highest BCUT2D eigenvalue weighted by atomic mass is 79.9. The van der Waals surface area contributed by atoms with Crippen LogP contribution < -0.4 is 10.1 Å². The van der Waals surface area contributed by atoms with Crippen molar-refractivity contribution in [1.29, 1.82) is 0 Å². The summed E-state index contributed by atoms with van der Waals surface area (Å²) in [5.41, 5.74) is 2.76. The summed E-state index contributed by atoms with van der Waals surface area (Å²) in [7, 11) is 0. The number of nitrogens with zero attached hydrogens (tertiary/aromatic N) is 4. The number of aromatic nitrogens is 4. The third-order valence-corrected chi connectivity index (χ3v) is 6.87. The van der Waals surface area contributed by atoms with Crippen LogP contribution in [-0.2, 0) is 4.74 Å². The molecule has 0 aliphatic heterocycles. The lowest BCUT2D eigenvalue weighted by molar-refractivity contribution is 0.104. The van der Waals surface area contributed by atoms with Crippen LogP contribution in [0.25, 0.3) is 21.3 Å². The second-order valence-electron chi connectivity index (χ2n) is 7.61. The molecule has 0 radical (unpaired) electrons. The first-order valence-corrected chi connectivity index (χ1v) is 12.6. The third kappa shape index (κ3) is 4.47. The van der Waals surface area contributed by atoms with Crippen molar-refractivity contribution in [3.63, 3.8) is 0 Å². The van der Waals surface area contributed by atoms with Crippen molar-refractivity contribution in [2.24, 2.45) is 0 Å². The molecule has 2 aromatic carbocycles. The van der Waals surface area contributed by atoms with E-state index >= 15 is 0 Å². The van der Waals surface area contributed by atoms with Crippen molar-refractivity contribution < 1.29 is 18.7 Å². The van der Waals surface area contributed by atoms with Gasteiger partial charge in [-0.1, -0.05) is 34.1 Å². The Hall–Kier alpha value is -3.70. The lowest BCUT2D eigenvalue weighted by Crippen LogP contribution is -2.14. The van der Waals surface area contributed by atoms with E-state index < -0.39 is 6.08 Å². The first-order valence-electron chi connectivity index (χ1n) is 11.0. The molecule has 0 atom stereocenters. The van der Waals surface area contributed by atoms with Crippen LogP contribution in [0.2, 0.25) is 0 Å². The molecule has 182 valence electrons. The summed E-state index contributed by atoms with van der Waals surface area (Å²) in [5, 5.41) is 3.79. The maximum atomic E-state index is 14.2. The zero-order valence-corrected chi connectivity index (χ0v) is 21.6. The summed E-state index contributed by atoms with van der Waals surface area (Å²) >= 11 is 4.89. The number of carbonyl (C=O) groups excluding carboxylic acids is 1. The van der Waals surface area contributed by atoms with Gasteiger partial charge in [-0.25, -0.2) is 0 Å². The predicted molar refractivity (Wildman–Crippen MR) is 139 cm³/mol. The maximum Gasteiger partial charge on any atom is 0.323 e. The molecule has 0 saturated heterocycles. The van der Waals surface area contributed by atoms with Gasteiger partial charge in [0.2, 0.25) is 5.95 Å². The molecule has 11 heteroatoms. The number of hydrogen-bond acceptors (Lipinski definition) is 9. The smallest absolute Gasteiger partial charge is 0.323 e. The Balaban J connectivity index is 1.42. The van der Waals surface area contributed by atoms with E-state index in [2.05, 4.69) is 40.6 Å². The summed E-state index contributed by atoms with van der Waals surface area (Å²) in [6, 6.07) is 8.85. The van der Waals surface area contributed by atoms with Gasteiger partial charge in [-0.3, -0.25) is 4.79 Å². The molecule has 0 spiro atoms. The second-order valence-corrected chi connectivity index (χ2v) is 9.27. The van der Waals surface area contributed by atoms with Gasteiger partial charge in [-0.2, -0.15) is 18.7 Å². The van der Waals surface area contributed by atoms with Crippen LogP contribution >= 0.6 is 27.5 Å². The molecule has 36 heavy (non-hydrogen) atoms. The van der Waals surface area contributed by atoms with E-state index in [1.807, 2.05) is 44.2 Å². The van der Waals surface area contributed by atoms with Crippen LogP contribution in [0.5, 0.6) is 6.01 Å². The van der Waals surface area contributed by atoms with Gasteiger partial charge in [0, 0.05) is 21.0 Å². The fourth-order valence-electron chi connectivity index (χ4n) is 3.89. The summed E-state index contributed by atoms with van der Waals surface area (Å²) < 4.78 is 31.5. The SMILES string of the molecule is C/C=C\C(=C/C)OCCOc1nc(F)nc(Nc2ccc(Br)c3c2C(=O)c2cccc4snc-3c24)n1. The van der Waals surface area contributed by atoms with Crippen LogP contribution in [0.1, 0.15) is 29.8 Å². The van der Waals surface area contributed by atoms with Crippen molar-refractivity contribution in [2.75, 3.05) is 18.5 Å². The Morgan fingerprint density at radius 2 is 2.00 bits per heavy atom. The molecule has 0 fully saturated rings. The molecule has 0 saturated carbocycles. The second kappa shape index (κ2) is 10.1. The van der Waals surface area contributed by atoms with E-state index in [-0.39, 0.29) is 31.0 Å². The highest BCUT2D eigenvalue weighted by Gasteiger charge is 2.31. The van der Waals surface area contributed by atoms with Crippen molar-refractivity contribution >= 4 is 55.0 Å². The maximum absolute atomic E-state index is 14.2. The third-order valence-electron chi connectivity index (χ3n) is 5.39. The highest BCUT2D eigenvalue weighted by molar-refractivity contribution is 9.10. The van der Waals surface area contributed by atoms with Crippen LogP contribution in [0.4, 0.5) is 16.0 Å². The van der Waals surface area contributed by atoms with Crippen LogP contribution in [-0.4, -0.2) is 38.3 Å². The minimum atomic E-state index is -1.02. The van der Waals surface area contributed by atoms with E-state index in [0.717, 1.165) is 20.3 Å². The lowest BCUT2D eigenvalue weighted by Gasteiger charge is -2.20. The molecule has 8 nitrogen and oxygen atoms in total. The number of nitrogens with one attached hydrogen (secondary N) is 1. The number of carbonyl (C=O) groups is 1. The number of anilines is 2. The van der Waals surface area contributed by atoms with Gasteiger partial charge >= 0.3 is 12.1 Å². The number of halogens is 2. The van der Waals surface area contributed by atoms with Gasteiger partial charge in [0.1, 0.15) is 19.0 Å². The molecule has 2 aromatic heterocycles. The van der Waals surface area contributed by atoms with Gasteiger partial charge < -0.3 is 14.8 Å². The van der Waals surface area contributed by atoms with Crippen molar-refractivity contribution in [3.8, 4) is 17.3 Å². The number of ketones is 1. The standard InChI is InChI=1S/C25H19BrFN5O3S/c1-3-6-13(4-2)34-11-12-35-25-30-23(27)29-24(31-25)28-16-10-9-15(26)19-20(16)22(33)14-7-5-8-17-18(14)21(19)32-36-17/h3-10H,11-12H2,1-2H3,(H,28,29,30,31)/b6-3-,13-4+. The molecule has 5 rings (SSSR count). The first kappa shape index (κ1) is 24.0. The molecular formula is C25H19BrFN5O3S. The molecule has 0 amide bonds. The average Bonchev–Trinajstić information content (AvgIpc) is 3.30. The summed E-state index contributed by atoms with van der Waals surface area (Å²) in [4.78, 5) is 25.0. The lowest BCUT2D eigenvalue weighted by atomic mass is 9.86. The highest BCUT2D eigenvalue weighted by Crippen LogP contribution is 2.46. The molecule has 4 aromatic rings. The Morgan fingerprint density at radius 1 is 1.14 bits per heavy atom. The fourth-order valence-corrected chi connectivity index (χ4v) is 5.22. The first-order chi connectivity index (χ1) is 17.5. The normalized spacial score (nSPS) is 12.8. The van der Waals surface area contributed by atoms with Gasteiger partial charge in [-0.15, -0.1) is 4.98 Å². The Morgan fingerprint density at radius 3 is 2.81 bits per heavy atom. The topological polar surface area (TPSA) is 99.1 Å². The van der Waals surface area contributed by atoms with Crippen LogP contribution in [0.3, 0.4) is 0 Å².